The third-order valence-corrected chi connectivity index (χ3v) is 3.00. The first kappa shape index (κ1) is 9.47. The molecule has 0 radical (unpaired) electrons. The molecule has 0 aromatic carbocycles. The van der Waals surface area contributed by atoms with Gasteiger partial charge < -0.3 is 10.1 Å². The zero-order valence-corrected chi connectivity index (χ0v) is 8.81. The minimum absolute atomic E-state index is 0.483. The normalized spacial score (nSPS) is 26.1. The fourth-order valence-electron chi connectivity index (χ4n) is 2.20. The molecule has 1 N–H and O–H groups in total. The Morgan fingerprint density at radius 2 is 2.08 bits per heavy atom. The number of hydrogen-bond donors (Lipinski definition) is 1. The molecule has 2 fully saturated rings. The Balaban J connectivity index is 1.75. The van der Waals surface area contributed by atoms with E-state index in [1.54, 1.807) is 0 Å². The molecule has 0 spiro atoms. The summed E-state index contributed by atoms with van der Waals surface area (Å²) < 4.78 is 5.35. The van der Waals surface area contributed by atoms with Crippen molar-refractivity contribution in [2.24, 2.45) is 11.3 Å². The van der Waals surface area contributed by atoms with E-state index < -0.39 is 0 Å². The van der Waals surface area contributed by atoms with Gasteiger partial charge in [-0.05, 0) is 25.2 Å². The van der Waals surface area contributed by atoms with Crippen molar-refractivity contribution in [1.29, 1.82) is 0 Å². The van der Waals surface area contributed by atoms with Crippen LogP contribution in [0.25, 0.3) is 0 Å². The Kier molecular flexibility index (Phi) is 2.61. The van der Waals surface area contributed by atoms with Gasteiger partial charge in [0, 0.05) is 18.0 Å². The van der Waals surface area contributed by atoms with Gasteiger partial charge in [-0.2, -0.15) is 0 Å². The minimum Gasteiger partial charge on any atom is -0.380 e. The monoisotopic (exact) mass is 183 g/mol. The molecule has 1 aliphatic heterocycles. The fraction of sp³-hybridized carbons (Fsp3) is 1.00. The second kappa shape index (κ2) is 3.58. The SMILES string of the molecule is CC(C)CC1(CNC2CC2)COC1. The smallest absolute Gasteiger partial charge is 0.0557 e. The van der Waals surface area contributed by atoms with E-state index in [0.717, 1.165) is 25.2 Å². The minimum atomic E-state index is 0.483. The molecule has 0 aromatic heterocycles. The van der Waals surface area contributed by atoms with E-state index >= 15 is 0 Å². The van der Waals surface area contributed by atoms with E-state index in [1.165, 1.54) is 25.8 Å². The molecular weight excluding hydrogens is 162 g/mol. The van der Waals surface area contributed by atoms with Crippen molar-refractivity contribution in [2.75, 3.05) is 19.8 Å². The van der Waals surface area contributed by atoms with Gasteiger partial charge in [0.25, 0.3) is 0 Å². The number of rotatable bonds is 5. The summed E-state index contributed by atoms with van der Waals surface area (Å²) in [5, 5.41) is 3.62. The first-order valence-electron chi connectivity index (χ1n) is 5.51. The summed E-state index contributed by atoms with van der Waals surface area (Å²) in [6, 6.07) is 0.838. The quantitative estimate of drug-likeness (QED) is 0.702. The number of nitrogens with one attached hydrogen (secondary N) is 1. The Hall–Kier alpha value is -0.0800. The number of hydrogen-bond acceptors (Lipinski definition) is 2. The molecule has 1 heterocycles. The molecule has 13 heavy (non-hydrogen) atoms. The molecule has 76 valence electrons. The Bertz CT molecular complexity index is 171. The standard InChI is InChI=1S/C11H21NO/c1-9(2)5-11(7-13-8-11)6-12-10-3-4-10/h9-10,12H,3-8H2,1-2H3. The van der Waals surface area contributed by atoms with Crippen molar-refractivity contribution in [3.8, 4) is 0 Å². The second-order valence-electron chi connectivity index (χ2n) is 5.25. The summed E-state index contributed by atoms with van der Waals surface area (Å²) in [7, 11) is 0. The summed E-state index contributed by atoms with van der Waals surface area (Å²) in [4.78, 5) is 0. The predicted molar refractivity (Wildman–Crippen MR) is 53.7 cm³/mol. The molecule has 2 nitrogen and oxygen atoms in total. The van der Waals surface area contributed by atoms with Crippen molar-refractivity contribution in [2.45, 2.75) is 39.2 Å². The van der Waals surface area contributed by atoms with Crippen LogP contribution >= 0.6 is 0 Å². The largest absolute Gasteiger partial charge is 0.380 e. The van der Waals surface area contributed by atoms with Crippen LogP contribution in [-0.2, 0) is 4.74 Å². The van der Waals surface area contributed by atoms with Gasteiger partial charge in [-0.25, -0.2) is 0 Å². The van der Waals surface area contributed by atoms with Gasteiger partial charge in [-0.15, -0.1) is 0 Å². The highest BCUT2D eigenvalue weighted by Gasteiger charge is 2.39. The summed E-state index contributed by atoms with van der Waals surface area (Å²) in [6.07, 6.45) is 4.09. The fourth-order valence-corrected chi connectivity index (χ4v) is 2.20. The highest BCUT2D eigenvalue weighted by molar-refractivity contribution is 4.92. The van der Waals surface area contributed by atoms with Crippen LogP contribution in [0.2, 0.25) is 0 Å². The maximum atomic E-state index is 5.35. The predicted octanol–water partition coefficient (Wildman–Crippen LogP) is 1.80. The molecule has 0 atom stereocenters. The summed E-state index contributed by atoms with van der Waals surface area (Å²) in [5.74, 6) is 0.796. The van der Waals surface area contributed by atoms with Gasteiger partial charge in [0.2, 0.25) is 0 Å². The Morgan fingerprint density at radius 1 is 1.38 bits per heavy atom. The molecule has 0 bridgehead atoms. The highest BCUT2D eigenvalue weighted by atomic mass is 16.5. The van der Waals surface area contributed by atoms with Gasteiger partial charge in [-0.3, -0.25) is 0 Å². The lowest BCUT2D eigenvalue weighted by atomic mass is 9.78. The number of ether oxygens (including phenoxy) is 1. The van der Waals surface area contributed by atoms with Crippen LogP contribution in [0.5, 0.6) is 0 Å². The Labute approximate surface area is 81.0 Å². The molecule has 1 aliphatic carbocycles. The lowest BCUT2D eigenvalue weighted by Gasteiger charge is -2.43. The van der Waals surface area contributed by atoms with Crippen molar-refractivity contribution >= 4 is 0 Å². The van der Waals surface area contributed by atoms with Crippen molar-refractivity contribution in [1.82, 2.24) is 5.32 Å². The average Bonchev–Trinajstić information content (AvgIpc) is 2.76. The topological polar surface area (TPSA) is 21.3 Å². The van der Waals surface area contributed by atoms with Gasteiger partial charge >= 0.3 is 0 Å². The summed E-state index contributed by atoms with van der Waals surface area (Å²) >= 11 is 0. The molecule has 0 amide bonds. The highest BCUT2D eigenvalue weighted by Crippen LogP contribution is 2.34. The maximum Gasteiger partial charge on any atom is 0.0557 e. The van der Waals surface area contributed by atoms with Crippen LogP contribution in [0.15, 0.2) is 0 Å². The van der Waals surface area contributed by atoms with E-state index in [4.69, 9.17) is 4.74 Å². The average molecular weight is 183 g/mol. The van der Waals surface area contributed by atoms with Crippen LogP contribution in [0.1, 0.15) is 33.1 Å². The molecule has 1 saturated heterocycles. The molecule has 2 rings (SSSR count). The van der Waals surface area contributed by atoms with Gasteiger partial charge in [-0.1, -0.05) is 13.8 Å². The van der Waals surface area contributed by atoms with E-state index in [1.807, 2.05) is 0 Å². The van der Waals surface area contributed by atoms with E-state index in [-0.39, 0.29) is 0 Å². The van der Waals surface area contributed by atoms with Crippen LogP contribution in [0.3, 0.4) is 0 Å². The van der Waals surface area contributed by atoms with Crippen LogP contribution < -0.4 is 5.32 Å². The first-order chi connectivity index (χ1) is 6.20. The summed E-state index contributed by atoms with van der Waals surface area (Å²) in [6.45, 7) is 7.74. The summed E-state index contributed by atoms with van der Waals surface area (Å²) in [5.41, 5.74) is 0.483. The van der Waals surface area contributed by atoms with E-state index in [9.17, 15) is 0 Å². The molecule has 0 aromatic rings. The van der Waals surface area contributed by atoms with E-state index in [0.29, 0.717) is 5.41 Å². The van der Waals surface area contributed by atoms with Gasteiger partial charge in [0.1, 0.15) is 0 Å². The van der Waals surface area contributed by atoms with Gasteiger partial charge in [0.15, 0.2) is 0 Å². The molecule has 2 aliphatic rings. The van der Waals surface area contributed by atoms with Crippen molar-refractivity contribution in [3.63, 3.8) is 0 Å². The maximum absolute atomic E-state index is 5.35. The molecule has 2 heteroatoms. The second-order valence-corrected chi connectivity index (χ2v) is 5.25. The zero-order chi connectivity index (χ0) is 9.31. The third kappa shape index (κ3) is 2.44. The van der Waals surface area contributed by atoms with Gasteiger partial charge in [0.05, 0.1) is 13.2 Å². The van der Waals surface area contributed by atoms with E-state index in [2.05, 4.69) is 19.2 Å². The Morgan fingerprint density at radius 3 is 2.46 bits per heavy atom. The third-order valence-electron chi connectivity index (χ3n) is 3.00. The first-order valence-corrected chi connectivity index (χ1v) is 5.51. The molecule has 0 unspecified atom stereocenters. The molecular formula is C11H21NO. The van der Waals surface area contributed by atoms with Crippen LogP contribution in [-0.4, -0.2) is 25.8 Å². The van der Waals surface area contributed by atoms with Crippen molar-refractivity contribution in [3.05, 3.63) is 0 Å². The lowest BCUT2D eigenvalue weighted by molar-refractivity contribution is -0.121. The molecule has 1 saturated carbocycles. The zero-order valence-electron chi connectivity index (χ0n) is 8.81. The lowest BCUT2D eigenvalue weighted by Crippen LogP contribution is -2.50. The van der Waals surface area contributed by atoms with Crippen LogP contribution in [0.4, 0.5) is 0 Å². The van der Waals surface area contributed by atoms with Crippen molar-refractivity contribution < 1.29 is 4.74 Å². The van der Waals surface area contributed by atoms with Crippen LogP contribution in [0, 0.1) is 11.3 Å².